The van der Waals surface area contributed by atoms with Crippen molar-refractivity contribution >= 4 is 22.1 Å². The lowest BCUT2D eigenvalue weighted by atomic mass is 9.94. The van der Waals surface area contributed by atoms with Crippen molar-refractivity contribution in [3.05, 3.63) is 58.8 Å². The molecule has 2 rings (SSSR count). The van der Waals surface area contributed by atoms with E-state index in [-0.39, 0.29) is 16.5 Å². The van der Waals surface area contributed by atoms with Crippen molar-refractivity contribution in [3.8, 4) is 5.75 Å². The van der Waals surface area contributed by atoms with Crippen LogP contribution in [0.3, 0.4) is 0 Å². The fourth-order valence-corrected chi connectivity index (χ4v) is 5.90. The third kappa shape index (κ3) is 12.3. The molecule has 0 spiro atoms. The van der Waals surface area contributed by atoms with E-state index in [0.29, 0.717) is 25.1 Å². The molecule has 1 amide bonds. The van der Waals surface area contributed by atoms with Gasteiger partial charge in [-0.15, -0.1) is 0 Å². The molecule has 1 aromatic carbocycles. The van der Waals surface area contributed by atoms with Gasteiger partial charge in [0.2, 0.25) is 5.96 Å². The number of amides is 1. The maximum atomic E-state index is 12.8. The Kier molecular flexibility index (Phi) is 13.8. The van der Waals surface area contributed by atoms with Crippen molar-refractivity contribution in [1.29, 1.82) is 0 Å². The first kappa shape index (κ1) is 37.6. The maximum absolute atomic E-state index is 12.8. The van der Waals surface area contributed by atoms with E-state index < -0.39 is 21.7 Å². The number of aliphatic imine (C=N–C) groups is 1. The van der Waals surface area contributed by atoms with Crippen molar-refractivity contribution in [2.45, 2.75) is 105 Å². The largest absolute Gasteiger partial charge is 0.487 e. The summed E-state index contributed by atoms with van der Waals surface area (Å²) in [7, 11) is -3.79. The summed E-state index contributed by atoms with van der Waals surface area (Å²) in [5.74, 6) is 0.729. The van der Waals surface area contributed by atoms with Crippen LogP contribution in [0.4, 0.5) is 4.79 Å². The van der Waals surface area contributed by atoms with E-state index >= 15 is 0 Å². The molecule has 242 valence electrons. The second kappa shape index (κ2) is 15.8. The van der Waals surface area contributed by atoms with Crippen LogP contribution in [0.2, 0.25) is 0 Å². The van der Waals surface area contributed by atoms with Crippen molar-refractivity contribution in [2.24, 2.45) is 10.7 Å². The highest BCUT2D eigenvalue weighted by atomic mass is 32.2. The number of sulfonamides is 1. The molecule has 0 fully saturated rings. The number of hydrogen-bond acceptors (Lipinski definition) is 7. The molecule has 1 aliphatic rings. The number of guanidine groups is 1. The van der Waals surface area contributed by atoms with Gasteiger partial charge in [-0.25, -0.2) is 17.9 Å². The molecule has 0 unspecified atom stereocenters. The summed E-state index contributed by atoms with van der Waals surface area (Å²) in [6.45, 7) is 28.2. The fraction of sp³-hybridized carbons (Fsp3) is 0.562. The SMILES string of the molecule is C=C(/C=C\C)CCNC(=C)CNC(=O)OC(C)(C)C.CCCN=C(N)NS(=O)(=O)c1c(C)c(C)c2c(c1C)CC(C)(C)O2. The summed E-state index contributed by atoms with van der Waals surface area (Å²) in [5.41, 5.74) is 9.91. The first-order valence-corrected chi connectivity index (χ1v) is 16.1. The molecule has 11 heteroatoms. The molecular weight excluding hydrogens is 566 g/mol. The Hall–Kier alpha value is -3.47. The molecule has 0 bridgehead atoms. The second-order valence-corrected chi connectivity index (χ2v) is 13.8. The molecule has 43 heavy (non-hydrogen) atoms. The van der Waals surface area contributed by atoms with E-state index in [1.54, 1.807) is 6.92 Å². The highest BCUT2D eigenvalue weighted by Crippen LogP contribution is 2.43. The van der Waals surface area contributed by atoms with Crippen LogP contribution < -0.4 is 25.8 Å². The lowest BCUT2D eigenvalue weighted by molar-refractivity contribution is 0.0532. The smallest absolute Gasteiger partial charge is 0.407 e. The molecule has 0 atom stereocenters. The van der Waals surface area contributed by atoms with E-state index in [0.717, 1.165) is 53.1 Å². The third-order valence-corrected chi connectivity index (χ3v) is 8.00. The molecule has 0 aliphatic carbocycles. The van der Waals surface area contributed by atoms with Crippen molar-refractivity contribution in [3.63, 3.8) is 0 Å². The minimum Gasteiger partial charge on any atom is -0.487 e. The van der Waals surface area contributed by atoms with Crippen LogP contribution in [0.1, 0.15) is 83.6 Å². The molecule has 1 aliphatic heterocycles. The normalized spacial score (nSPS) is 14.2. The number of carbonyl (C=O) groups excluding carboxylic acids is 1. The number of fused-ring (bicyclic) bond motifs is 1. The Morgan fingerprint density at radius 3 is 2.33 bits per heavy atom. The van der Waals surface area contributed by atoms with Gasteiger partial charge < -0.3 is 25.8 Å². The van der Waals surface area contributed by atoms with Crippen LogP contribution in [0.15, 0.2) is 46.5 Å². The average Bonchev–Trinajstić information content (AvgIpc) is 3.20. The number of alkyl carbamates (subject to hydrolysis) is 1. The minimum atomic E-state index is -3.79. The summed E-state index contributed by atoms with van der Waals surface area (Å²) in [6.07, 6.45) is 5.82. The summed E-state index contributed by atoms with van der Waals surface area (Å²) in [4.78, 5) is 15.7. The lowest BCUT2D eigenvalue weighted by Gasteiger charge is -2.20. The van der Waals surface area contributed by atoms with Crippen LogP contribution >= 0.6 is 0 Å². The van der Waals surface area contributed by atoms with Gasteiger partial charge in [0.05, 0.1) is 11.4 Å². The maximum Gasteiger partial charge on any atom is 0.407 e. The van der Waals surface area contributed by atoms with E-state index in [2.05, 4.69) is 33.5 Å². The van der Waals surface area contributed by atoms with E-state index in [9.17, 15) is 13.2 Å². The van der Waals surface area contributed by atoms with Gasteiger partial charge in [0.1, 0.15) is 17.0 Å². The van der Waals surface area contributed by atoms with Gasteiger partial charge in [0, 0.05) is 30.8 Å². The molecule has 0 radical (unpaired) electrons. The summed E-state index contributed by atoms with van der Waals surface area (Å²) >= 11 is 0. The summed E-state index contributed by atoms with van der Waals surface area (Å²) < 4.78 is 39.2. The fourth-order valence-electron chi connectivity index (χ4n) is 4.38. The highest BCUT2D eigenvalue weighted by molar-refractivity contribution is 7.90. The summed E-state index contributed by atoms with van der Waals surface area (Å²) in [5, 5.41) is 5.77. The number of nitrogens with one attached hydrogen (secondary N) is 3. The van der Waals surface area contributed by atoms with Gasteiger partial charge in [-0.05, 0) is 91.8 Å². The van der Waals surface area contributed by atoms with Crippen molar-refractivity contribution in [1.82, 2.24) is 15.4 Å². The number of nitrogens with two attached hydrogens (primary N) is 1. The van der Waals surface area contributed by atoms with Gasteiger partial charge in [-0.3, -0.25) is 4.99 Å². The van der Waals surface area contributed by atoms with Crippen molar-refractivity contribution in [2.75, 3.05) is 19.6 Å². The molecule has 10 nitrogen and oxygen atoms in total. The predicted octanol–water partition coefficient (Wildman–Crippen LogP) is 5.47. The molecule has 0 saturated carbocycles. The second-order valence-electron chi connectivity index (χ2n) is 12.2. The summed E-state index contributed by atoms with van der Waals surface area (Å²) in [6, 6.07) is 0. The highest BCUT2D eigenvalue weighted by Gasteiger charge is 2.36. The third-order valence-electron chi connectivity index (χ3n) is 6.37. The monoisotopic (exact) mass is 619 g/mol. The Balaban J connectivity index is 0.000000444. The molecule has 5 N–H and O–H groups in total. The van der Waals surface area contributed by atoms with Gasteiger partial charge in [-0.2, -0.15) is 0 Å². The number of allylic oxidation sites excluding steroid dienone is 2. The first-order valence-electron chi connectivity index (χ1n) is 14.6. The minimum absolute atomic E-state index is 0.0784. The van der Waals surface area contributed by atoms with Gasteiger partial charge >= 0.3 is 6.09 Å². The quantitative estimate of drug-likeness (QED) is 0.146. The Morgan fingerprint density at radius 2 is 1.77 bits per heavy atom. The predicted molar refractivity (Wildman–Crippen MR) is 176 cm³/mol. The molecular formula is C32H53N5O5S. The standard InChI is InChI=1S/C17H27N3O3S.C15H26N2O2/c1-7-8-19-16(18)20-24(21,22)15-11(3)10(2)14-13(12(15)4)9-17(5,6)23-14;1-7-8-12(2)9-10-16-13(3)11-17-14(18)19-15(4,5)6/h7-9H2,1-6H3,(H3,18,19,20);7-8,16H,2-3,9-11H2,1,4-6H3,(H,17,18)/b;8-7-. The van der Waals surface area contributed by atoms with Crippen LogP contribution in [0.25, 0.3) is 0 Å². The Bertz CT molecular complexity index is 1340. The number of ether oxygens (including phenoxy) is 2. The molecule has 1 heterocycles. The van der Waals surface area contributed by atoms with Crippen LogP contribution in [-0.4, -0.2) is 51.3 Å². The zero-order chi connectivity index (χ0) is 33.2. The van der Waals surface area contributed by atoms with Gasteiger partial charge in [-0.1, -0.05) is 37.8 Å². The van der Waals surface area contributed by atoms with E-state index in [1.807, 2.05) is 74.5 Å². The number of benzene rings is 1. The number of rotatable bonds is 11. The van der Waals surface area contributed by atoms with Gasteiger partial charge in [0.15, 0.2) is 0 Å². The Labute approximate surface area is 259 Å². The van der Waals surface area contributed by atoms with Crippen LogP contribution in [0, 0.1) is 20.8 Å². The number of nitrogens with zero attached hydrogens (tertiary/aromatic N) is 1. The van der Waals surface area contributed by atoms with E-state index in [1.165, 1.54) is 0 Å². The first-order chi connectivity index (χ1) is 19.7. The number of hydrogen-bond donors (Lipinski definition) is 4. The van der Waals surface area contributed by atoms with Crippen LogP contribution in [-0.2, 0) is 21.2 Å². The van der Waals surface area contributed by atoms with Gasteiger partial charge in [0.25, 0.3) is 10.0 Å². The Morgan fingerprint density at radius 1 is 1.14 bits per heavy atom. The number of carbonyl (C=O) groups is 1. The molecule has 0 saturated heterocycles. The average molecular weight is 620 g/mol. The van der Waals surface area contributed by atoms with Crippen molar-refractivity contribution < 1.29 is 22.7 Å². The zero-order valence-electron chi connectivity index (χ0n) is 27.8. The van der Waals surface area contributed by atoms with Crippen LogP contribution in [0.5, 0.6) is 5.75 Å². The topological polar surface area (TPSA) is 144 Å². The molecule has 0 aromatic heterocycles. The molecule has 1 aromatic rings. The lowest BCUT2D eigenvalue weighted by Crippen LogP contribution is -2.37. The zero-order valence-corrected chi connectivity index (χ0v) is 28.6. The van der Waals surface area contributed by atoms with E-state index in [4.69, 9.17) is 15.2 Å².